The van der Waals surface area contributed by atoms with Crippen molar-refractivity contribution >= 4 is 29.3 Å². The van der Waals surface area contributed by atoms with Crippen LogP contribution in [-0.2, 0) is 9.53 Å². The second kappa shape index (κ2) is 7.91. The highest BCUT2D eigenvalue weighted by Gasteiger charge is 2.34. The minimum absolute atomic E-state index is 0.214. The van der Waals surface area contributed by atoms with E-state index < -0.39 is 5.54 Å². The van der Waals surface area contributed by atoms with E-state index in [1.165, 1.54) is 0 Å². The average molecular weight is 316 g/mol. The fourth-order valence-electron chi connectivity index (χ4n) is 1.95. The Labute approximate surface area is 130 Å². The Morgan fingerprint density at radius 2 is 2.15 bits per heavy atom. The normalized spacial score (nSPS) is 15.4. The Hall–Kier alpha value is -0.710. The number of benzene rings is 1. The van der Waals surface area contributed by atoms with E-state index in [9.17, 15) is 4.79 Å². The topological polar surface area (TPSA) is 38.3 Å². The second-order valence-electron chi connectivity index (χ2n) is 4.87. The largest absolute Gasteiger partial charge is 0.465 e. The van der Waals surface area contributed by atoms with Crippen molar-refractivity contribution in [3.05, 3.63) is 29.3 Å². The van der Waals surface area contributed by atoms with Crippen LogP contribution in [0.5, 0.6) is 0 Å². The summed E-state index contributed by atoms with van der Waals surface area (Å²) in [5, 5.41) is 4.05. The van der Waals surface area contributed by atoms with E-state index in [4.69, 9.17) is 16.3 Å². The van der Waals surface area contributed by atoms with Gasteiger partial charge in [0.15, 0.2) is 0 Å². The SMILES string of the molecule is CCOC(=O)C(C)(CC(C)Sc1ccccc1Cl)NC. The van der Waals surface area contributed by atoms with E-state index in [-0.39, 0.29) is 11.2 Å². The number of carbonyl (C=O) groups is 1. The van der Waals surface area contributed by atoms with Crippen molar-refractivity contribution in [1.82, 2.24) is 5.32 Å². The van der Waals surface area contributed by atoms with Crippen molar-refractivity contribution in [3.63, 3.8) is 0 Å². The molecule has 112 valence electrons. The third-order valence-electron chi connectivity index (χ3n) is 3.14. The van der Waals surface area contributed by atoms with E-state index in [1.807, 2.05) is 38.1 Å². The number of rotatable bonds is 7. The molecule has 0 aromatic heterocycles. The minimum atomic E-state index is -0.677. The Bertz CT molecular complexity index is 455. The van der Waals surface area contributed by atoms with Crippen LogP contribution in [0, 0.1) is 0 Å². The number of hydrogen-bond donors (Lipinski definition) is 1. The second-order valence-corrected chi connectivity index (χ2v) is 6.75. The minimum Gasteiger partial charge on any atom is -0.465 e. The lowest BCUT2D eigenvalue weighted by Crippen LogP contribution is -2.50. The van der Waals surface area contributed by atoms with Gasteiger partial charge in [-0.15, -0.1) is 11.8 Å². The van der Waals surface area contributed by atoms with Gasteiger partial charge in [0.2, 0.25) is 0 Å². The third kappa shape index (κ3) is 4.69. The molecule has 20 heavy (non-hydrogen) atoms. The van der Waals surface area contributed by atoms with Gasteiger partial charge in [0.25, 0.3) is 0 Å². The summed E-state index contributed by atoms with van der Waals surface area (Å²) in [6.07, 6.45) is 0.665. The van der Waals surface area contributed by atoms with Crippen molar-refractivity contribution in [3.8, 4) is 0 Å². The number of likely N-dealkylation sites (N-methyl/N-ethyl adjacent to an activating group) is 1. The molecule has 0 spiro atoms. The maximum atomic E-state index is 12.0. The first-order chi connectivity index (χ1) is 9.42. The number of hydrogen-bond acceptors (Lipinski definition) is 4. The van der Waals surface area contributed by atoms with Gasteiger partial charge in [-0.3, -0.25) is 4.79 Å². The summed E-state index contributed by atoms with van der Waals surface area (Å²) in [4.78, 5) is 13.1. The van der Waals surface area contributed by atoms with Crippen molar-refractivity contribution in [2.75, 3.05) is 13.7 Å². The van der Waals surface area contributed by atoms with Crippen LogP contribution in [0.2, 0.25) is 5.02 Å². The lowest BCUT2D eigenvalue weighted by Gasteiger charge is -2.29. The van der Waals surface area contributed by atoms with Gasteiger partial charge < -0.3 is 10.1 Å². The molecule has 0 saturated heterocycles. The zero-order chi connectivity index (χ0) is 15.2. The van der Waals surface area contributed by atoms with Crippen LogP contribution in [0.25, 0.3) is 0 Å². The number of nitrogens with one attached hydrogen (secondary N) is 1. The van der Waals surface area contributed by atoms with Crippen LogP contribution in [-0.4, -0.2) is 30.4 Å². The molecule has 2 atom stereocenters. The smallest absolute Gasteiger partial charge is 0.326 e. The highest BCUT2D eigenvalue weighted by molar-refractivity contribution is 8.00. The molecule has 0 fully saturated rings. The van der Waals surface area contributed by atoms with Gasteiger partial charge in [0.05, 0.1) is 11.6 Å². The summed E-state index contributed by atoms with van der Waals surface area (Å²) in [5.41, 5.74) is -0.677. The molecule has 1 rings (SSSR count). The standard InChI is InChI=1S/C15H22ClNO2S/c1-5-19-14(18)15(3,17-4)10-11(2)20-13-9-7-6-8-12(13)16/h6-9,11,17H,5,10H2,1-4H3. The first-order valence-electron chi connectivity index (χ1n) is 6.70. The van der Waals surface area contributed by atoms with Crippen molar-refractivity contribution in [2.45, 2.75) is 42.9 Å². The maximum Gasteiger partial charge on any atom is 0.326 e. The van der Waals surface area contributed by atoms with E-state index in [2.05, 4.69) is 12.2 Å². The summed E-state index contributed by atoms with van der Waals surface area (Å²) in [6.45, 7) is 6.16. The van der Waals surface area contributed by atoms with Gasteiger partial charge in [-0.05, 0) is 39.4 Å². The molecule has 0 aliphatic heterocycles. The van der Waals surface area contributed by atoms with Crippen molar-refractivity contribution in [1.29, 1.82) is 0 Å². The Balaban J connectivity index is 2.70. The predicted octanol–water partition coefficient (Wildman–Crippen LogP) is 3.75. The Morgan fingerprint density at radius 1 is 1.50 bits per heavy atom. The number of esters is 1. The summed E-state index contributed by atoms with van der Waals surface area (Å²) in [6, 6.07) is 7.74. The van der Waals surface area contributed by atoms with Gasteiger partial charge in [-0.2, -0.15) is 0 Å². The van der Waals surface area contributed by atoms with Crippen LogP contribution in [0.3, 0.4) is 0 Å². The molecule has 1 N–H and O–H groups in total. The van der Waals surface area contributed by atoms with Crippen LogP contribution >= 0.6 is 23.4 Å². The molecule has 0 saturated carbocycles. The molecular formula is C15H22ClNO2S. The quantitative estimate of drug-likeness (QED) is 0.614. The molecule has 0 aliphatic rings. The first kappa shape index (κ1) is 17.3. The molecule has 0 bridgehead atoms. The van der Waals surface area contributed by atoms with Crippen LogP contribution in [0.4, 0.5) is 0 Å². The highest BCUT2D eigenvalue weighted by atomic mass is 35.5. The van der Waals surface area contributed by atoms with Gasteiger partial charge in [-0.1, -0.05) is 30.7 Å². The molecule has 3 nitrogen and oxygen atoms in total. The zero-order valence-electron chi connectivity index (χ0n) is 12.4. The predicted molar refractivity (Wildman–Crippen MR) is 85.5 cm³/mol. The molecule has 0 amide bonds. The number of halogens is 1. The number of carbonyl (C=O) groups excluding carboxylic acids is 1. The molecular weight excluding hydrogens is 294 g/mol. The molecule has 2 unspecified atom stereocenters. The fraction of sp³-hybridized carbons (Fsp3) is 0.533. The number of thioether (sulfide) groups is 1. The van der Waals surface area contributed by atoms with E-state index in [0.717, 1.165) is 9.92 Å². The van der Waals surface area contributed by atoms with Gasteiger partial charge in [-0.25, -0.2) is 0 Å². The monoisotopic (exact) mass is 315 g/mol. The zero-order valence-corrected chi connectivity index (χ0v) is 14.0. The molecule has 5 heteroatoms. The molecule has 0 aliphatic carbocycles. The van der Waals surface area contributed by atoms with E-state index in [1.54, 1.807) is 18.8 Å². The maximum absolute atomic E-state index is 12.0. The number of ether oxygens (including phenoxy) is 1. The summed E-state index contributed by atoms with van der Waals surface area (Å²) in [5.74, 6) is -0.214. The van der Waals surface area contributed by atoms with E-state index >= 15 is 0 Å². The highest BCUT2D eigenvalue weighted by Crippen LogP contribution is 2.33. The van der Waals surface area contributed by atoms with E-state index in [0.29, 0.717) is 13.0 Å². The average Bonchev–Trinajstić information content (AvgIpc) is 2.41. The molecule has 1 aromatic carbocycles. The Morgan fingerprint density at radius 3 is 2.70 bits per heavy atom. The first-order valence-corrected chi connectivity index (χ1v) is 7.96. The van der Waals surface area contributed by atoms with Crippen molar-refractivity contribution in [2.24, 2.45) is 0 Å². The van der Waals surface area contributed by atoms with Crippen LogP contribution in [0.1, 0.15) is 27.2 Å². The van der Waals surface area contributed by atoms with Crippen molar-refractivity contribution < 1.29 is 9.53 Å². The lowest BCUT2D eigenvalue weighted by atomic mass is 9.96. The molecule has 1 aromatic rings. The van der Waals surface area contributed by atoms with Gasteiger partial charge >= 0.3 is 5.97 Å². The Kier molecular flexibility index (Phi) is 6.86. The fourth-order valence-corrected chi connectivity index (χ4v) is 3.41. The van der Waals surface area contributed by atoms with Gasteiger partial charge in [0, 0.05) is 10.1 Å². The molecule has 0 radical (unpaired) electrons. The summed E-state index contributed by atoms with van der Waals surface area (Å²) < 4.78 is 5.14. The lowest BCUT2D eigenvalue weighted by molar-refractivity contribution is -0.150. The molecule has 0 heterocycles. The van der Waals surface area contributed by atoms with Gasteiger partial charge in [0.1, 0.15) is 5.54 Å². The van der Waals surface area contributed by atoms with Crippen LogP contribution in [0.15, 0.2) is 29.2 Å². The third-order valence-corrected chi connectivity index (χ3v) is 4.76. The summed E-state index contributed by atoms with van der Waals surface area (Å²) >= 11 is 7.83. The van der Waals surface area contributed by atoms with Crippen LogP contribution < -0.4 is 5.32 Å². The summed E-state index contributed by atoms with van der Waals surface area (Å²) in [7, 11) is 1.78.